The lowest BCUT2D eigenvalue weighted by Gasteiger charge is -2.33. The highest BCUT2D eigenvalue weighted by molar-refractivity contribution is 5.89. The number of aliphatic hydroxyl groups is 1. The van der Waals surface area contributed by atoms with E-state index in [0.717, 1.165) is 0 Å². The van der Waals surface area contributed by atoms with E-state index in [1.54, 1.807) is 18.2 Å². The monoisotopic (exact) mass is 346 g/mol. The Hall–Kier alpha value is -1.86. The van der Waals surface area contributed by atoms with Gasteiger partial charge in [-0.1, -0.05) is 24.8 Å². The van der Waals surface area contributed by atoms with Crippen molar-refractivity contribution >= 4 is 5.97 Å². The van der Waals surface area contributed by atoms with Crippen molar-refractivity contribution in [1.82, 2.24) is 0 Å². The Morgan fingerprint density at radius 2 is 1.75 bits per heavy atom. The number of carbonyl (C=O) groups is 1. The average Bonchev–Trinajstić information content (AvgIpc) is 2.44. The summed E-state index contributed by atoms with van der Waals surface area (Å²) in [5, 5.41) is 9.50. The summed E-state index contributed by atoms with van der Waals surface area (Å²) >= 11 is 0. The third kappa shape index (κ3) is 4.82. The molecule has 1 N–H and O–H groups in total. The molecule has 4 nitrogen and oxygen atoms in total. The molecule has 0 heterocycles. The molecule has 7 heteroatoms. The first-order chi connectivity index (χ1) is 10.8. The molecule has 1 rings (SSSR count). The smallest absolute Gasteiger partial charge is 0.419 e. The lowest BCUT2D eigenvalue weighted by atomic mass is 9.96. The molecule has 134 valence electrons. The average molecular weight is 346 g/mol. The quantitative estimate of drug-likeness (QED) is 0.484. The van der Waals surface area contributed by atoms with Gasteiger partial charge in [-0.15, -0.1) is 0 Å². The molecule has 0 bridgehead atoms. The maximum Gasteiger partial charge on any atom is 0.419 e. The first-order valence-corrected chi connectivity index (χ1v) is 7.18. The minimum atomic E-state index is -4.82. The van der Waals surface area contributed by atoms with Crippen LogP contribution in [-0.2, 0) is 15.1 Å². The van der Waals surface area contributed by atoms with Crippen LogP contribution in [0.5, 0.6) is 5.75 Å². The Morgan fingerprint density at radius 1 is 1.21 bits per heavy atom. The highest BCUT2D eigenvalue weighted by Gasteiger charge is 2.51. The molecule has 1 atom stereocenters. The van der Waals surface area contributed by atoms with Gasteiger partial charge >= 0.3 is 12.1 Å². The highest BCUT2D eigenvalue weighted by Crippen LogP contribution is 2.36. The van der Waals surface area contributed by atoms with Crippen molar-refractivity contribution in [2.45, 2.75) is 45.1 Å². The molecule has 0 aromatic heterocycles. The van der Waals surface area contributed by atoms with Crippen molar-refractivity contribution in [3.8, 4) is 5.75 Å². The molecule has 0 radical (unpaired) electrons. The van der Waals surface area contributed by atoms with Crippen LogP contribution in [0.3, 0.4) is 0 Å². The molecule has 0 aliphatic carbocycles. The van der Waals surface area contributed by atoms with Crippen LogP contribution in [0.4, 0.5) is 13.2 Å². The first kappa shape index (κ1) is 20.2. The van der Waals surface area contributed by atoms with Crippen LogP contribution in [0.15, 0.2) is 36.4 Å². The van der Waals surface area contributed by atoms with E-state index in [9.17, 15) is 23.1 Å². The van der Waals surface area contributed by atoms with Crippen molar-refractivity contribution in [2.75, 3.05) is 6.61 Å². The first-order valence-electron chi connectivity index (χ1n) is 7.18. The summed E-state index contributed by atoms with van der Waals surface area (Å²) in [6.07, 6.45) is -4.82. The number of alkyl halides is 3. The molecular weight excluding hydrogens is 325 g/mol. The number of benzene rings is 1. The number of hydrogen-bond acceptors (Lipinski definition) is 4. The maximum absolute atomic E-state index is 12.7. The van der Waals surface area contributed by atoms with Gasteiger partial charge in [0.2, 0.25) is 0 Å². The third-order valence-electron chi connectivity index (χ3n) is 3.41. The van der Waals surface area contributed by atoms with Crippen molar-refractivity contribution in [3.63, 3.8) is 0 Å². The maximum atomic E-state index is 12.7. The second kappa shape index (κ2) is 6.94. The van der Waals surface area contributed by atoms with Crippen LogP contribution >= 0.6 is 0 Å². The van der Waals surface area contributed by atoms with Crippen molar-refractivity contribution in [1.29, 1.82) is 0 Å². The Morgan fingerprint density at radius 3 is 2.25 bits per heavy atom. The molecule has 0 aliphatic heterocycles. The van der Waals surface area contributed by atoms with Crippen LogP contribution in [0.25, 0.3) is 0 Å². The van der Waals surface area contributed by atoms with E-state index in [2.05, 4.69) is 6.58 Å². The molecule has 0 saturated heterocycles. The third-order valence-corrected chi connectivity index (χ3v) is 3.41. The fraction of sp³-hybridized carbons (Fsp3) is 0.471. The van der Waals surface area contributed by atoms with Crippen LogP contribution < -0.4 is 4.74 Å². The Kier molecular flexibility index (Phi) is 5.84. The van der Waals surface area contributed by atoms with Crippen LogP contribution in [0.2, 0.25) is 0 Å². The molecule has 1 aromatic carbocycles. The summed E-state index contributed by atoms with van der Waals surface area (Å²) < 4.78 is 48.7. The zero-order valence-corrected chi connectivity index (χ0v) is 14.0. The minimum absolute atomic E-state index is 0.155. The summed E-state index contributed by atoms with van der Waals surface area (Å²) in [4.78, 5) is 11.7. The predicted octanol–water partition coefficient (Wildman–Crippen LogP) is 3.73. The van der Waals surface area contributed by atoms with Gasteiger partial charge in [0.1, 0.15) is 5.75 Å². The van der Waals surface area contributed by atoms with Gasteiger partial charge in [-0.2, -0.15) is 13.2 Å². The van der Waals surface area contributed by atoms with Gasteiger partial charge in [-0.05, 0) is 33.8 Å². The largest absolute Gasteiger partial charge is 0.423 e. The lowest BCUT2D eigenvalue weighted by molar-refractivity contribution is -0.276. The number of carbonyl (C=O) groups excluding carboxylic acids is 1. The number of rotatable bonds is 6. The van der Waals surface area contributed by atoms with Crippen molar-refractivity contribution < 1.29 is 32.5 Å². The van der Waals surface area contributed by atoms with Gasteiger partial charge in [0.25, 0.3) is 0 Å². The lowest BCUT2D eigenvalue weighted by Crippen LogP contribution is -2.47. The zero-order chi connectivity index (χ0) is 18.8. The second-order valence-electron chi connectivity index (χ2n) is 6.24. The number of para-hydroxylation sites is 1. The van der Waals surface area contributed by atoms with Gasteiger partial charge in [-0.3, -0.25) is 0 Å². The standard InChI is InChI=1S/C17H21F3O4/c1-11(2)14(21)24-13-9-7-6-8-12(13)15(3,4)23-10-16(5,22)17(18,19)20/h6-9,22H,1,10H2,2-5H3. The highest BCUT2D eigenvalue weighted by atomic mass is 19.4. The van der Waals surface area contributed by atoms with Gasteiger partial charge in [0.05, 0.1) is 12.2 Å². The number of halogens is 3. The summed E-state index contributed by atoms with van der Waals surface area (Å²) in [5.74, 6) is -0.498. The molecule has 0 fully saturated rings. The Balaban J connectivity index is 3.03. The van der Waals surface area contributed by atoms with Crippen LogP contribution in [0.1, 0.15) is 33.3 Å². The van der Waals surface area contributed by atoms with E-state index in [0.29, 0.717) is 12.5 Å². The predicted molar refractivity (Wildman–Crippen MR) is 82.5 cm³/mol. The van der Waals surface area contributed by atoms with Crippen LogP contribution in [0, 0.1) is 0 Å². The number of hydrogen-bond donors (Lipinski definition) is 1. The summed E-state index contributed by atoms with van der Waals surface area (Å²) in [6, 6.07) is 6.33. The molecule has 0 spiro atoms. The molecule has 1 unspecified atom stereocenters. The Bertz CT molecular complexity index is 619. The van der Waals surface area contributed by atoms with E-state index in [1.807, 2.05) is 0 Å². The normalized spacial score (nSPS) is 14.8. The summed E-state index contributed by atoms with van der Waals surface area (Å²) in [6.45, 7) is 7.66. The van der Waals surface area contributed by atoms with Gasteiger partial charge in [0.15, 0.2) is 5.60 Å². The number of ether oxygens (including phenoxy) is 2. The van der Waals surface area contributed by atoms with Gasteiger partial charge in [0, 0.05) is 11.1 Å². The number of esters is 1. The van der Waals surface area contributed by atoms with E-state index < -0.39 is 30.0 Å². The van der Waals surface area contributed by atoms with E-state index in [-0.39, 0.29) is 11.3 Å². The Labute approximate surface area is 138 Å². The zero-order valence-electron chi connectivity index (χ0n) is 14.0. The van der Waals surface area contributed by atoms with E-state index in [1.165, 1.54) is 26.8 Å². The topological polar surface area (TPSA) is 55.8 Å². The fourth-order valence-corrected chi connectivity index (χ4v) is 1.72. The minimum Gasteiger partial charge on any atom is -0.423 e. The molecule has 24 heavy (non-hydrogen) atoms. The van der Waals surface area contributed by atoms with Crippen molar-refractivity contribution in [3.05, 3.63) is 42.0 Å². The van der Waals surface area contributed by atoms with E-state index >= 15 is 0 Å². The molecule has 0 aliphatic rings. The summed E-state index contributed by atoms with van der Waals surface area (Å²) in [5.41, 5.74) is -3.67. The molecule has 0 saturated carbocycles. The molecular formula is C17H21F3O4. The van der Waals surface area contributed by atoms with E-state index in [4.69, 9.17) is 9.47 Å². The fourth-order valence-electron chi connectivity index (χ4n) is 1.72. The van der Waals surface area contributed by atoms with Gasteiger partial charge < -0.3 is 14.6 Å². The SMILES string of the molecule is C=C(C)C(=O)Oc1ccccc1C(C)(C)OCC(C)(O)C(F)(F)F. The second-order valence-corrected chi connectivity index (χ2v) is 6.24. The molecule has 0 amide bonds. The summed E-state index contributed by atoms with van der Waals surface area (Å²) in [7, 11) is 0. The van der Waals surface area contributed by atoms with Gasteiger partial charge in [-0.25, -0.2) is 4.79 Å². The van der Waals surface area contributed by atoms with Crippen molar-refractivity contribution in [2.24, 2.45) is 0 Å². The van der Waals surface area contributed by atoms with Crippen LogP contribution in [-0.4, -0.2) is 29.5 Å². The molecule has 1 aromatic rings.